The molecule has 0 N–H and O–H groups in total. The van der Waals surface area contributed by atoms with E-state index in [0.29, 0.717) is 18.8 Å². The van der Waals surface area contributed by atoms with Crippen LogP contribution in [0, 0.1) is 10.1 Å². The number of ether oxygens (including phenoxy) is 4. The highest BCUT2D eigenvalue weighted by atomic mass is 16.7. The van der Waals surface area contributed by atoms with Crippen molar-refractivity contribution in [3.63, 3.8) is 0 Å². The predicted octanol–water partition coefficient (Wildman–Crippen LogP) is 5.02. The van der Waals surface area contributed by atoms with Gasteiger partial charge in [0.15, 0.2) is 17.3 Å². The summed E-state index contributed by atoms with van der Waals surface area (Å²) in [4.78, 5) is 12.9. The zero-order valence-electron chi connectivity index (χ0n) is 21.0. The Hall–Kier alpha value is -2.94. The largest absolute Gasteiger partial charge is 0.493 e. The number of hydrogen-bond acceptors (Lipinski definition) is 7. The molecule has 2 aromatic carbocycles. The van der Waals surface area contributed by atoms with Crippen molar-refractivity contribution in [1.82, 2.24) is 4.90 Å². The van der Waals surface area contributed by atoms with Gasteiger partial charge in [-0.1, -0.05) is 26.0 Å². The topological polar surface area (TPSA) is 83.3 Å². The van der Waals surface area contributed by atoms with Gasteiger partial charge in [0.1, 0.15) is 6.10 Å². The standard InChI is InChI=1S/C25H28N2O6.C2H6/c1-26-13-12-24(18-6-9-20(30-2)21(14-18)31-3)10-11-25(15-23(24)26)32-16-22(33-25)17-4-7-19(8-5-17)27(28)29;1-2/h4-11,14,22-23H,12-13,15-16H2,1-3H3;1-2H3. The van der Waals surface area contributed by atoms with Crippen LogP contribution in [0.5, 0.6) is 11.5 Å². The van der Waals surface area contributed by atoms with Gasteiger partial charge in [-0.25, -0.2) is 0 Å². The quantitative estimate of drug-likeness (QED) is 0.336. The fourth-order valence-electron chi connectivity index (χ4n) is 5.48. The molecule has 2 fully saturated rings. The summed E-state index contributed by atoms with van der Waals surface area (Å²) in [5, 5.41) is 11.0. The van der Waals surface area contributed by atoms with E-state index in [9.17, 15) is 10.1 Å². The van der Waals surface area contributed by atoms with E-state index in [-0.39, 0.29) is 23.2 Å². The molecule has 0 radical (unpaired) electrons. The lowest BCUT2D eigenvalue weighted by Crippen LogP contribution is -2.49. The lowest BCUT2D eigenvalue weighted by Gasteiger charge is -2.43. The van der Waals surface area contributed by atoms with Gasteiger partial charge < -0.3 is 23.8 Å². The highest BCUT2D eigenvalue weighted by molar-refractivity contribution is 5.49. The van der Waals surface area contributed by atoms with Crippen molar-refractivity contribution in [1.29, 1.82) is 0 Å². The molecule has 1 aliphatic carbocycles. The summed E-state index contributed by atoms with van der Waals surface area (Å²) in [5.41, 5.74) is 1.96. The summed E-state index contributed by atoms with van der Waals surface area (Å²) in [6.07, 6.45) is 5.71. The van der Waals surface area contributed by atoms with Crippen LogP contribution in [0.15, 0.2) is 54.6 Å². The monoisotopic (exact) mass is 482 g/mol. The maximum absolute atomic E-state index is 11.0. The van der Waals surface area contributed by atoms with Crippen LogP contribution in [0.25, 0.3) is 0 Å². The lowest BCUT2D eigenvalue weighted by atomic mass is 9.68. The number of hydrogen-bond donors (Lipinski definition) is 0. The van der Waals surface area contributed by atoms with Crippen LogP contribution in [-0.4, -0.2) is 56.1 Å². The third-order valence-corrected chi connectivity index (χ3v) is 7.33. The molecule has 0 bridgehead atoms. The van der Waals surface area contributed by atoms with Crippen molar-refractivity contribution in [2.45, 2.75) is 50.0 Å². The zero-order valence-corrected chi connectivity index (χ0v) is 21.0. The first-order valence-electron chi connectivity index (χ1n) is 12.1. The van der Waals surface area contributed by atoms with Gasteiger partial charge in [0.05, 0.1) is 25.7 Å². The van der Waals surface area contributed by atoms with Gasteiger partial charge in [-0.15, -0.1) is 0 Å². The number of nitro benzene ring substituents is 1. The van der Waals surface area contributed by atoms with Crippen LogP contribution >= 0.6 is 0 Å². The minimum Gasteiger partial charge on any atom is -0.493 e. The van der Waals surface area contributed by atoms with Crippen molar-refractivity contribution < 1.29 is 23.9 Å². The van der Waals surface area contributed by atoms with Crippen LogP contribution in [0.4, 0.5) is 5.69 Å². The van der Waals surface area contributed by atoms with Gasteiger partial charge in [-0.3, -0.25) is 10.1 Å². The Morgan fingerprint density at radius 1 is 1.06 bits per heavy atom. The Balaban J connectivity index is 0.00000141. The second-order valence-corrected chi connectivity index (χ2v) is 8.97. The average molecular weight is 483 g/mol. The summed E-state index contributed by atoms with van der Waals surface area (Å²) in [7, 11) is 5.44. The first-order valence-corrected chi connectivity index (χ1v) is 12.1. The second-order valence-electron chi connectivity index (χ2n) is 8.97. The molecule has 1 spiro atoms. The Morgan fingerprint density at radius 2 is 1.77 bits per heavy atom. The Kier molecular flexibility index (Phi) is 7.17. The average Bonchev–Trinajstić information content (AvgIpc) is 3.47. The van der Waals surface area contributed by atoms with Crippen molar-refractivity contribution in [3.05, 3.63) is 75.9 Å². The van der Waals surface area contributed by atoms with Gasteiger partial charge in [0.2, 0.25) is 0 Å². The maximum atomic E-state index is 11.0. The molecule has 8 heteroatoms. The van der Waals surface area contributed by atoms with Crippen molar-refractivity contribution in [2.24, 2.45) is 0 Å². The molecule has 8 nitrogen and oxygen atoms in total. The van der Waals surface area contributed by atoms with Crippen LogP contribution in [0.2, 0.25) is 0 Å². The van der Waals surface area contributed by atoms with Crippen molar-refractivity contribution >= 4 is 5.69 Å². The number of nitro groups is 1. The second kappa shape index (κ2) is 9.97. The van der Waals surface area contributed by atoms with Crippen molar-refractivity contribution in [3.8, 4) is 11.5 Å². The molecule has 3 aliphatic rings. The van der Waals surface area contributed by atoms with E-state index in [4.69, 9.17) is 18.9 Å². The molecule has 0 aromatic heterocycles. The molecule has 2 heterocycles. The van der Waals surface area contributed by atoms with E-state index >= 15 is 0 Å². The molecule has 0 saturated carbocycles. The van der Waals surface area contributed by atoms with Crippen LogP contribution < -0.4 is 9.47 Å². The summed E-state index contributed by atoms with van der Waals surface area (Å²) in [6.45, 7) is 5.37. The predicted molar refractivity (Wildman–Crippen MR) is 133 cm³/mol. The Bertz CT molecular complexity index is 1090. The number of nitrogens with zero attached hydrogens (tertiary/aromatic N) is 2. The van der Waals surface area contributed by atoms with Crippen LogP contribution in [0.1, 0.15) is 43.9 Å². The minimum absolute atomic E-state index is 0.0669. The van der Waals surface area contributed by atoms with E-state index in [0.717, 1.165) is 24.3 Å². The van der Waals surface area contributed by atoms with Crippen LogP contribution in [0.3, 0.4) is 0 Å². The third-order valence-electron chi connectivity index (χ3n) is 7.33. The van der Waals surface area contributed by atoms with Gasteiger partial charge in [0, 0.05) is 30.0 Å². The lowest BCUT2D eigenvalue weighted by molar-refractivity contribution is -0.384. The highest BCUT2D eigenvalue weighted by Crippen LogP contribution is 2.52. The molecule has 0 amide bonds. The Labute approximate surface area is 206 Å². The van der Waals surface area contributed by atoms with E-state index in [1.165, 1.54) is 17.7 Å². The molecule has 2 aliphatic heterocycles. The first kappa shape index (κ1) is 25.2. The fraction of sp³-hybridized carbons (Fsp3) is 0.481. The van der Waals surface area contributed by atoms with Gasteiger partial charge in [-0.2, -0.15) is 0 Å². The zero-order chi connectivity index (χ0) is 25.2. The van der Waals surface area contributed by atoms with Gasteiger partial charge >= 0.3 is 0 Å². The number of methoxy groups -OCH3 is 2. The van der Waals surface area contributed by atoms with E-state index in [1.54, 1.807) is 26.4 Å². The SMILES string of the molecule is CC.COc1ccc(C23C=CC4(CC2N(C)CC3)OCC(c2ccc([N+](=O)[O-])cc2)O4)cc1OC. The smallest absolute Gasteiger partial charge is 0.269 e. The van der Waals surface area contributed by atoms with Gasteiger partial charge in [0.25, 0.3) is 5.69 Å². The summed E-state index contributed by atoms with van der Waals surface area (Å²) < 4.78 is 23.7. The molecule has 2 aromatic rings. The molecule has 5 rings (SSSR count). The molecule has 188 valence electrons. The van der Waals surface area contributed by atoms with E-state index in [1.807, 2.05) is 19.9 Å². The number of likely N-dealkylation sites (N-methyl/N-ethyl adjacent to an activating group) is 1. The van der Waals surface area contributed by atoms with Crippen molar-refractivity contribution in [2.75, 3.05) is 34.4 Å². The van der Waals surface area contributed by atoms with E-state index < -0.39 is 10.7 Å². The third kappa shape index (κ3) is 4.42. The molecule has 4 atom stereocenters. The summed E-state index contributed by atoms with van der Waals surface area (Å²) in [5.74, 6) is 0.624. The molecule has 4 unspecified atom stereocenters. The number of non-ortho nitro benzene ring substituents is 1. The number of benzene rings is 2. The summed E-state index contributed by atoms with van der Waals surface area (Å²) >= 11 is 0. The molecule has 35 heavy (non-hydrogen) atoms. The number of fused-ring (bicyclic) bond motifs is 1. The molecule has 2 saturated heterocycles. The fourth-order valence-corrected chi connectivity index (χ4v) is 5.48. The van der Waals surface area contributed by atoms with Crippen LogP contribution in [-0.2, 0) is 14.9 Å². The highest BCUT2D eigenvalue weighted by Gasteiger charge is 2.55. The maximum Gasteiger partial charge on any atom is 0.269 e. The first-order chi connectivity index (χ1) is 16.9. The van der Waals surface area contributed by atoms with E-state index in [2.05, 4.69) is 36.2 Å². The molecular formula is C27H34N2O6. The Morgan fingerprint density at radius 3 is 2.43 bits per heavy atom. The summed E-state index contributed by atoms with van der Waals surface area (Å²) in [6, 6.07) is 12.8. The molecular weight excluding hydrogens is 448 g/mol. The van der Waals surface area contributed by atoms with Gasteiger partial charge in [-0.05, 0) is 61.5 Å². The number of rotatable bonds is 5. The normalized spacial score (nSPS) is 29.4. The minimum atomic E-state index is -0.810. The number of likely N-dealkylation sites (tertiary alicyclic amines) is 1.